The maximum Gasteiger partial charge on any atom is 0.310 e. The largest absolute Gasteiger partial charge is 0.462 e. The molecule has 6 heteroatoms. The fourth-order valence-corrected chi connectivity index (χ4v) is 7.54. The van der Waals surface area contributed by atoms with Gasteiger partial charge < -0.3 is 14.2 Å². The van der Waals surface area contributed by atoms with E-state index in [-0.39, 0.29) is 38.0 Å². The quantitative estimate of drug-likeness (QED) is 0.0261. The summed E-state index contributed by atoms with van der Waals surface area (Å²) in [6.45, 7) is 6.24. The Morgan fingerprint density at radius 3 is 0.848 bits per heavy atom. The molecule has 0 heterocycles. The van der Waals surface area contributed by atoms with Crippen LogP contribution >= 0.6 is 0 Å². The highest BCUT2D eigenvalue weighted by atomic mass is 16.6. The fraction of sp³-hybridized carbons (Fsp3) is 0.521. The molecular formula is C73H110O6. The number of carbonyl (C=O) groups is 3. The number of allylic oxidation sites excluding steroid dienone is 31. The summed E-state index contributed by atoms with van der Waals surface area (Å²) >= 11 is 0. The Hall–Kier alpha value is -5.75. The van der Waals surface area contributed by atoms with Gasteiger partial charge in [0.2, 0.25) is 0 Å². The van der Waals surface area contributed by atoms with Crippen molar-refractivity contribution in [2.75, 3.05) is 13.2 Å². The van der Waals surface area contributed by atoms with Gasteiger partial charge in [0.1, 0.15) is 13.2 Å². The summed E-state index contributed by atoms with van der Waals surface area (Å²) in [5.74, 6) is -1.13. The van der Waals surface area contributed by atoms with Gasteiger partial charge in [-0.25, -0.2) is 0 Å². The topological polar surface area (TPSA) is 78.9 Å². The van der Waals surface area contributed by atoms with Crippen molar-refractivity contribution in [3.05, 3.63) is 194 Å². The Bertz CT molecular complexity index is 1920. The first-order valence-corrected chi connectivity index (χ1v) is 30.9. The maximum atomic E-state index is 12.8. The van der Waals surface area contributed by atoms with Crippen LogP contribution in [-0.4, -0.2) is 37.2 Å². The minimum absolute atomic E-state index is 0.0757. The van der Waals surface area contributed by atoms with Crippen molar-refractivity contribution in [1.82, 2.24) is 0 Å². The van der Waals surface area contributed by atoms with Crippen LogP contribution in [0.2, 0.25) is 0 Å². The highest BCUT2D eigenvalue weighted by Crippen LogP contribution is 2.11. The van der Waals surface area contributed by atoms with E-state index in [1.807, 2.05) is 6.08 Å². The molecule has 0 N–H and O–H groups in total. The van der Waals surface area contributed by atoms with Crippen LogP contribution in [0.4, 0.5) is 0 Å². The van der Waals surface area contributed by atoms with Crippen molar-refractivity contribution in [3.8, 4) is 0 Å². The second kappa shape index (κ2) is 64.8. The molecule has 0 aromatic heterocycles. The molecule has 79 heavy (non-hydrogen) atoms. The molecule has 6 nitrogen and oxygen atoms in total. The van der Waals surface area contributed by atoms with Crippen molar-refractivity contribution in [3.63, 3.8) is 0 Å². The molecule has 0 aromatic carbocycles. The average Bonchev–Trinajstić information content (AvgIpc) is 3.45. The van der Waals surface area contributed by atoms with E-state index in [1.165, 1.54) is 25.7 Å². The Labute approximate surface area is 484 Å². The van der Waals surface area contributed by atoms with Gasteiger partial charge >= 0.3 is 17.9 Å². The summed E-state index contributed by atoms with van der Waals surface area (Å²) in [4.78, 5) is 38.2. The first-order valence-electron chi connectivity index (χ1n) is 30.9. The molecule has 0 amide bonds. The fourth-order valence-electron chi connectivity index (χ4n) is 7.54. The van der Waals surface area contributed by atoms with Crippen LogP contribution in [0.3, 0.4) is 0 Å². The van der Waals surface area contributed by atoms with Gasteiger partial charge in [0, 0.05) is 12.8 Å². The van der Waals surface area contributed by atoms with Crippen LogP contribution in [0.5, 0.6) is 0 Å². The molecule has 0 radical (unpaired) electrons. The Kier molecular flexibility index (Phi) is 60.1. The molecule has 1 unspecified atom stereocenters. The highest BCUT2D eigenvalue weighted by Gasteiger charge is 2.19. The first-order chi connectivity index (χ1) is 39.0. The van der Waals surface area contributed by atoms with Crippen LogP contribution in [0.25, 0.3) is 0 Å². The second-order valence-corrected chi connectivity index (χ2v) is 19.5. The zero-order valence-electron chi connectivity index (χ0n) is 50.0. The van der Waals surface area contributed by atoms with Gasteiger partial charge in [0.15, 0.2) is 6.10 Å². The summed E-state index contributed by atoms with van der Waals surface area (Å²) < 4.78 is 16.7. The molecule has 0 saturated heterocycles. The number of unbranched alkanes of at least 4 members (excludes halogenated alkanes) is 11. The third-order valence-electron chi connectivity index (χ3n) is 12.1. The van der Waals surface area contributed by atoms with Crippen molar-refractivity contribution >= 4 is 17.9 Å². The van der Waals surface area contributed by atoms with Gasteiger partial charge in [0.25, 0.3) is 0 Å². The standard InChI is InChI=1S/C73H110O6/c1-4-7-10-13-16-19-22-25-28-29-30-31-32-33-34-35-36-37-38-39-40-41-42-43-46-48-51-54-57-60-63-66-72(75)78-69-70(79-73(76)67-64-61-58-55-52-49-45-27-24-21-18-15-12-9-6-3)68-77-71(74)65-62-59-56-53-50-47-44-26-23-20-17-14-11-8-5-2/h7,9-10,12,16-21,25-28,30-31,33-34,36-37,39-40,42-45,48,51-52,55,61,64,70H,4-6,8,11,13-15,22-24,29,32,35,38,41,46-47,49-50,53-54,56-60,62-63,65-69H2,1-3H3/b10-7-,12-9-,19-16-,20-17-,21-18-,28-25-,31-30-,34-33-,37-36-,40-39-,43-42-,44-26-,45-27-,51-48-,55-52-,64-61-. The third kappa shape index (κ3) is 63.0. The van der Waals surface area contributed by atoms with Gasteiger partial charge in [-0.1, -0.05) is 254 Å². The Balaban J connectivity index is 4.51. The third-order valence-corrected chi connectivity index (χ3v) is 12.1. The zero-order chi connectivity index (χ0) is 57.1. The lowest BCUT2D eigenvalue weighted by Crippen LogP contribution is -2.30. The molecule has 0 aromatic rings. The lowest BCUT2D eigenvalue weighted by atomic mass is 10.1. The monoisotopic (exact) mass is 1080 g/mol. The minimum Gasteiger partial charge on any atom is -0.462 e. The minimum atomic E-state index is -0.865. The van der Waals surface area contributed by atoms with Crippen molar-refractivity contribution in [1.29, 1.82) is 0 Å². The van der Waals surface area contributed by atoms with Crippen LogP contribution in [0.15, 0.2) is 194 Å². The number of ether oxygens (including phenoxy) is 3. The van der Waals surface area contributed by atoms with Crippen molar-refractivity contribution < 1.29 is 28.6 Å². The summed E-state index contributed by atoms with van der Waals surface area (Å²) in [5.41, 5.74) is 0. The van der Waals surface area contributed by atoms with E-state index < -0.39 is 12.1 Å². The molecule has 0 fully saturated rings. The summed E-state index contributed by atoms with van der Waals surface area (Å²) in [5, 5.41) is 0. The van der Waals surface area contributed by atoms with Crippen molar-refractivity contribution in [2.24, 2.45) is 0 Å². The van der Waals surface area contributed by atoms with Gasteiger partial charge in [-0.15, -0.1) is 0 Å². The van der Waals surface area contributed by atoms with E-state index in [4.69, 9.17) is 14.2 Å². The Morgan fingerprint density at radius 1 is 0.278 bits per heavy atom. The number of esters is 3. The smallest absolute Gasteiger partial charge is 0.310 e. The number of hydrogen-bond acceptors (Lipinski definition) is 6. The first kappa shape index (κ1) is 73.2. The molecule has 1 atom stereocenters. The summed E-state index contributed by atoms with van der Waals surface area (Å²) in [6, 6.07) is 0. The number of carbonyl (C=O) groups excluding carboxylic acids is 3. The SMILES string of the molecule is CC/C=C\C/C=C\C/C=C\C/C=C\C/C=C\C/C=C\C/C=C\C/C=C\C/C=C\CCCCCC(=O)OCC(COC(=O)CCCCCCC/C=C\C/C=C\CCCCC)OC(=O)C/C=C\C/C=C\C/C=C\C/C=C\C/C=C\CC. The predicted octanol–water partition coefficient (Wildman–Crippen LogP) is 21.4. The molecule has 0 bridgehead atoms. The Morgan fingerprint density at radius 2 is 0.532 bits per heavy atom. The summed E-state index contributed by atoms with van der Waals surface area (Å²) in [6.07, 6.45) is 98.9. The van der Waals surface area contributed by atoms with Crippen LogP contribution in [-0.2, 0) is 28.6 Å². The van der Waals surface area contributed by atoms with E-state index in [2.05, 4.69) is 203 Å². The lowest BCUT2D eigenvalue weighted by molar-refractivity contribution is -0.166. The molecule has 0 saturated carbocycles. The van der Waals surface area contributed by atoms with E-state index >= 15 is 0 Å². The van der Waals surface area contributed by atoms with Crippen LogP contribution in [0.1, 0.15) is 226 Å². The van der Waals surface area contributed by atoms with E-state index in [9.17, 15) is 14.4 Å². The molecule has 438 valence electrons. The van der Waals surface area contributed by atoms with Gasteiger partial charge in [0.05, 0.1) is 6.42 Å². The van der Waals surface area contributed by atoms with Gasteiger partial charge in [-0.2, -0.15) is 0 Å². The predicted molar refractivity (Wildman–Crippen MR) is 343 cm³/mol. The molecule has 0 aliphatic rings. The number of hydrogen-bond donors (Lipinski definition) is 0. The molecular weight excluding hydrogens is 973 g/mol. The van der Waals surface area contributed by atoms with Crippen LogP contribution in [0, 0.1) is 0 Å². The van der Waals surface area contributed by atoms with Crippen molar-refractivity contribution in [2.45, 2.75) is 232 Å². The molecule has 0 spiro atoms. The second-order valence-electron chi connectivity index (χ2n) is 19.5. The summed E-state index contributed by atoms with van der Waals surface area (Å²) in [7, 11) is 0. The van der Waals surface area contributed by atoms with E-state index in [0.717, 1.165) is 148 Å². The molecule has 0 aliphatic heterocycles. The van der Waals surface area contributed by atoms with Crippen LogP contribution < -0.4 is 0 Å². The normalized spacial score (nSPS) is 13.5. The van der Waals surface area contributed by atoms with E-state index in [1.54, 1.807) is 6.08 Å². The zero-order valence-corrected chi connectivity index (χ0v) is 50.0. The average molecular weight is 1080 g/mol. The highest BCUT2D eigenvalue weighted by molar-refractivity contribution is 5.72. The molecule has 0 aliphatic carbocycles. The number of rotatable bonds is 53. The van der Waals surface area contributed by atoms with Gasteiger partial charge in [-0.3, -0.25) is 14.4 Å². The maximum absolute atomic E-state index is 12.8. The lowest BCUT2D eigenvalue weighted by Gasteiger charge is -2.18. The van der Waals surface area contributed by atoms with Gasteiger partial charge in [-0.05, 0) is 148 Å². The van der Waals surface area contributed by atoms with E-state index in [0.29, 0.717) is 19.3 Å². The molecule has 0 rings (SSSR count).